The highest BCUT2D eigenvalue weighted by atomic mass is 19.4. The average Bonchev–Trinajstić information content (AvgIpc) is 3.73. The van der Waals surface area contributed by atoms with Crippen LogP contribution in [0, 0.1) is 0 Å². The third-order valence-electron chi connectivity index (χ3n) is 8.40. The fourth-order valence-corrected chi connectivity index (χ4v) is 6.22. The van der Waals surface area contributed by atoms with E-state index in [1.54, 1.807) is 52.5 Å². The van der Waals surface area contributed by atoms with Gasteiger partial charge in [0.05, 0.1) is 39.3 Å². The molecule has 1 fully saturated rings. The van der Waals surface area contributed by atoms with Crippen molar-refractivity contribution in [1.29, 1.82) is 0 Å². The lowest BCUT2D eigenvalue weighted by Gasteiger charge is -2.32. The zero-order chi connectivity index (χ0) is 32.9. The second-order valence-electron chi connectivity index (χ2n) is 11.3. The van der Waals surface area contributed by atoms with Crippen molar-refractivity contribution in [3.05, 3.63) is 71.6 Å². The molecule has 0 spiro atoms. The van der Waals surface area contributed by atoms with Crippen LogP contribution in [0.3, 0.4) is 0 Å². The first kappa shape index (κ1) is 30.5. The van der Waals surface area contributed by atoms with Gasteiger partial charge in [0.1, 0.15) is 5.82 Å². The maximum absolute atomic E-state index is 14.6. The van der Waals surface area contributed by atoms with Crippen molar-refractivity contribution in [3.8, 4) is 22.6 Å². The summed E-state index contributed by atoms with van der Waals surface area (Å²) in [6.07, 6.45) is 1.91. The smallest absolute Gasteiger partial charge is 0.435 e. The van der Waals surface area contributed by atoms with E-state index in [2.05, 4.69) is 10.1 Å². The molecule has 1 saturated heterocycles. The molecule has 5 heterocycles. The molecule has 7 rings (SSSR count). The number of carbonyl (C=O) groups excluding carboxylic acids is 1. The molecule has 5 aromatic rings. The zero-order valence-corrected chi connectivity index (χ0v) is 25.9. The summed E-state index contributed by atoms with van der Waals surface area (Å²) in [5.74, 6) is 1.32. The molecule has 0 atom stereocenters. The van der Waals surface area contributed by atoms with Crippen molar-refractivity contribution in [2.75, 3.05) is 56.9 Å². The average molecular weight is 649 g/mol. The van der Waals surface area contributed by atoms with Crippen LogP contribution in [0.4, 0.5) is 24.9 Å². The van der Waals surface area contributed by atoms with E-state index in [0.29, 0.717) is 89.3 Å². The molecule has 0 unspecified atom stereocenters. The molecule has 0 N–H and O–H groups in total. The Morgan fingerprint density at radius 1 is 0.957 bits per heavy atom. The Morgan fingerprint density at radius 2 is 1.70 bits per heavy atom. The van der Waals surface area contributed by atoms with Gasteiger partial charge in [-0.15, -0.1) is 0 Å². The summed E-state index contributed by atoms with van der Waals surface area (Å²) in [6, 6.07) is 6.93. The van der Waals surface area contributed by atoms with E-state index in [1.807, 2.05) is 4.90 Å². The molecule has 2 aliphatic rings. The van der Waals surface area contributed by atoms with Crippen molar-refractivity contribution in [2.24, 2.45) is 7.05 Å². The third kappa shape index (κ3) is 5.60. The predicted molar refractivity (Wildman–Crippen MR) is 166 cm³/mol. The van der Waals surface area contributed by atoms with E-state index < -0.39 is 11.9 Å². The number of carbonyl (C=O) groups is 1. The molecule has 2 aromatic carbocycles. The van der Waals surface area contributed by atoms with Crippen molar-refractivity contribution in [3.63, 3.8) is 0 Å². The second-order valence-corrected chi connectivity index (χ2v) is 11.3. The molecule has 1 amide bonds. The lowest BCUT2D eigenvalue weighted by Crippen LogP contribution is -2.40. The summed E-state index contributed by atoms with van der Waals surface area (Å²) in [5.41, 5.74) is 1.23. The Morgan fingerprint density at radius 3 is 2.40 bits per heavy atom. The highest BCUT2D eigenvalue weighted by molar-refractivity contribution is 6.12. The zero-order valence-electron chi connectivity index (χ0n) is 25.9. The van der Waals surface area contributed by atoms with E-state index in [1.165, 1.54) is 27.5 Å². The first-order valence-corrected chi connectivity index (χ1v) is 15.0. The number of halogens is 3. The van der Waals surface area contributed by atoms with Gasteiger partial charge in [0.25, 0.3) is 5.91 Å². The van der Waals surface area contributed by atoms with Crippen LogP contribution in [0.25, 0.3) is 22.0 Å². The molecule has 0 bridgehead atoms. The Balaban J connectivity index is 1.40. The van der Waals surface area contributed by atoms with E-state index in [-0.39, 0.29) is 24.4 Å². The van der Waals surface area contributed by atoms with Gasteiger partial charge in [-0.25, -0.2) is 9.97 Å². The minimum Gasteiger partial charge on any atom is -0.493 e. The first-order valence-electron chi connectivity index (χ1n) is 15.0. The third-order valence-corrected chi connectivity index (χ3v) is 8.40. The van der Waals surface area contributed by atoms with Crippen LogP contribution < -0.4 is 19.3 Å². The molecule has 244 valence electrons. The fraction of sp³-hybridized carbons (Fsp3) is 0.344. The number of nitrogens with zero attached hydrogens (tertiary/aromatic N) is 8. The number of rotatable bonds is 7. The monoisotopic (exact) mass is 648 g/mol. The number of fused-ring (bicyclic) bond motifs is 2. The largest absolute Gasteiger partial charge is 0.493 e. The second kappa shape index (κ2) is 11.9. The Bertz CT molecular complexity index is 1970. The number of imidazole rings is 1. The van der Waals surface area contributed by atoms with E-state index in [4.69, 9.17) is 24.2 Å². The number of amides is 1. The summed E-state index contributed by atoms with van der Waals surface area (Å²) in [6.45, 7) is 2.63. The molecule has 15 heteroatoms. The summed E-state index contributed by atoms with van der Waals surface area (Å²) in [5, 5.41) is 4.31. The van der Waals surface area contributed by atoms with Crippen molar-refractivity contribution >= 4 is 28.6 Å². The number of aryl methyl sites for hydroxylation is 1. The fourth-order valence-electron chi connectivity index (χ4n) is 6.22. The maximum atomic E-state index is 14.6. The summed E-state index contributed by atoms with van der Waals surface area (Å²) in [7, 11) is 4.50. The van der Waals surface area contributed by atoms with E-state index in [9.17, 15) is 18.0 Å². The standard InChI is InChI=1S/C32H31F3N8O4/c1-40-17-24(28(39-40)32(33,34)35)21-12-19(16-41-7-5-36-18-41)13-22-20(21)4-6-43(30(22)44)29-23-14-26(45-2)27(46-3)15-25(23)37-31(38-29)42-8-10-47-11-9-42/h5,7,12-15,17-18H,4,6,8-11,16H2,1-3H3. The van der Waals surface area contributed by atoms with Crippen LogP contribution >= 0.6 is 0 Å². The molecule has 0 saturated carbocycles. The molecule has 47 heavy (non-hydrogen) atoms. The number of anilines is 2. The maximum Gasteiger partial charge on any atom is 0.435 e. The quantitative estimate of drug-likeness (QED) is 0.254. The van der Waals surface area contributed by atoms with Gasteiger partial charge in [-0.05, 0) is 41.3 Å². The molecule has 2 aliphatic heterocycles. The van der Waals surface area contributed by atoms with Crippen LogP contribution in [-0.2, 0) is 30.9 Å². The molecule has 12 nitrogen and oxygen atoms in total. The van der Waals surface area contributed by atoms with Crippen molar-refractivity contribution in [1.82, 2.24) is 29.3 Å². The van der Waals surface area contributed by atoms with Crippen LogP contribution in [0.2, 0.25) is 0 Å². The highest BCUT2D eigenvalue weighted by Gasteiger charge is 2.39. The summed E-state index contributed by atoms with van der Waals surface area (Å²) in [4.78, 5) is 31.9. The molecular weight excluding hydrogens is 617 g/mol. The van der Waals surface area contributed by atoms with Gasteiger partial charge in [-0.2, -0.15) is 23.3 Å². The molecule has 0 radical (unpaired) electrons. The van der Waals surface area contributed by atoms with Gasteiger partial charge < -0.3 is 23.7 Å². The van der Waals surface area contributed by atoms with Gasteiger partial charge in [0, 0.05) is 74.4 Å². The minimum atomic E-state index is -4.69. The Labute approximate surface area is 267 Å². The highest BCUT2D eigenvalue weighted by Crippen LogP contribution is 2.42. The van der Waals surface area contributed by atoms with Crippen LogP contribution in [0.15, 0.2) is 49.2 Å². The number of hydrogen-bond donors (Lipinski definition) is 0. The Hall–Kier alpha value is -5.18. The number of hydrogen-bond acceptors (Lipinski definition) is 9. The van der Waals surface area contributed by atoms with Gasteiger partial charge >= 0.3 is 6.18 Å². The molecule has 3 aromatic heterocycles. The minimum absolute atomic E-state index is 0.0797. The van der Waals surface area contributed by atoms with Gasteiger partial charge in [0.15, 0.2) is 17.2 Å². The lowest BCUT2D eigenvalue weighted by atomic mass is 9.88. The van der Waals surface area contributed by atoms with E-state index in [0.717, 1.165) is 4.68 Å². The predicted octanol–water partition coefficient (Wildman–Crippen LogP) is 4.35. The Kier molecular flexibility index (Phi) is 7.70. The number of alkyl halides is 3. The molecular formula is C32H31F3N8O4. The number of morpholine rings is 1. The van der Waals surface area contributed by atoms with Crippen LogP contribution in [-0.4, -0.2) is 82.3 Å². The number of aromatic nitrogens is 6. The van der Waals surface area contributed by atoms with Gasteiger partial charge in [-0.1, -0.05) is 0 Å². The van der Waals surface area contributed by atoms with Gasteiger partial charge in [-0.3, -0.25) is 14.4 Å². The molecule has 0 aliphatic carbocycles. The number of methoxy groups -OCH3 is 2. The normalized spacial score (nSPS) is 15.3. The lowest BCUT2D eigenvalue weighted by molar-refractivity contribution is -0.141. The summed E-state index contributed by atoms with van der Waals surface area (Å²) < 4.78 is 62.1. The SMILES string of the molecule is COc1cc2nc(N3CCOCC3)nc(N3CCc4c(cc(Cn5ccnc5)cc4-c4cn(C)nc4C(F)(F)F)C3=O)c2cc1OC. The van der Waals surface area contributed by atoms with Crippen molar-refractivity contribution in [2.45, 2.75) is 19.1 Å². The topological polar surface area (TPSA) is 113 Å². The number of ether oxygens (including phenoxy) is 3. The van der Waals surface area contributed by atoms with E-state index >= 15 is 0 Å². The van der Waals surface area contributed by atoms with Gasteiger partial charge in [0.2, 0.25) is 5.95 Å². The summed E-state index contributed by atoms with van der Waals surface area (Å²) >= 11 is 0. The number of benzene rings is 2. The van der Waals surface area contributed by atoms with Crippen LogP contribution in [0.5, 0.6) is 11.5 Å². The van der Waals surface area contributed by atoms with Crippen LogP contribution in [0.1, 0.15) is 27.2 Å². The first-order chi connectivity index (χ1) is 22.6. The van der Waals surface area contributed by atoms with Crippen molar-refractivity contribution < 1.29 is 32.2 Å².